The summed E-state index contributed by atoms with van der Waals surface area (Å²) in [6.07, 6.45) is 2.81. The van der Waals surface area contributed by atoms with Crippen LogP contribution in [0.4, 0.5) is 10.2 Å². The van der Waals surface area contributed by atoms with Crippen LogP contribution in [-0.2, 0) is 0 Å². The van der Waals surface area contributed by atoms with Crippen LogP contribution < -0.4 is 5.32 Å². The maximum Gasteiger partial charge on any atom is 0.339 e. The molecule has 0 aliphatic carbocycles. The third kappa shape index (κ3) is 3.33. The van der Waals surface area contributed by atoms with Gasteiger partial charge in [0.05, 0.1) is 12.2 Å². The van der Waals surface area contributed by atoms with E-state index in [0.717, 1.165) is 30.0 Å². The van der Waals surface area contributed by atoms with Crippen molar-refractivity contribution in [2.24, 2.45) is 0 Å². The van der Waals surface area contributed by atoms with E-state index in [1.54, 1.807) is 11.3 Å². The zero-order valence-electron chi connectivity index (χ0n) is 11.0. The van der Waals surface area contributed by atoms with Gasteiger partial charge in [0.1, 0.15) is 17.2 Å². The van der Waals surface area contributed by atoms with Crippen molar-refractivity contribution in [1.29, 1.82) is 0 Å². The van der Waals surface area contributed by atoms with Gasteiger partial charge in [0.15, 0.2) is 0 Å². The van der Waals surface area contributed by atoms with Crippen LogP contribution in [0.15, 0.2) is 29.8 Å². The highest BCUT2D eigenvalue weighted by Crippen LogP contribution is 2.28. The fourth-order valence-corrected chi connectivity index (χ4v) is 2.76. The number of halogens is 1. The van der Waals surface area contributed by atoms with E-state index in [1.165, 1.54) is 0 Å². The minimum Gasteiger partial charge on any atom is -0.478 e. The Morgan fingerprint density at radius 1 is 1.60 bits per heavy atom. The van der Waals surface area contributed by atoms with Crippen LogP contribution >= 0.6 is 11.3 Å². The van der Waals surface area contributed by atoms with Gasteiger partial charge in [-0.3, -0.25) is 0 Å². The molecule has 0 amide bonds. The zero-order chi connectivity index (χ0) is 14.5. The molecule has 0 saturated heterocycles. The highest BCUT2D eigenvalue weighted by Gasteiger charge is 2.18. The smallest absolute Gasteiger partial charge is 0.339 e. The maximum absolute atomic E-state index is 13.1. The number of thiophene rings is 1. The third-order valence-corrected chi connectivity index (χ3v) is 3.85. The van der Waals surface area contributed by atoms with Crippen LogP contribution in [0.2, 0.25) is 0 Å². The Morgan fingerprint density at radius 2 is 2.40 bits per heavy atom. The summed E-state index contributed by atoms with van der Waals surface area (Å²) in [5.74, 6) is -1.65. The van der Waals surface area contributed by atoms with Gasteiger partial charge in [0, 0.05) is 4.88 Å². The number of hydrogen-bond donors (Lipinski definition) is 2. The van der Waals surface area contributed by atoms with Gasteiger partial charge in [-0.15, -0.1) is 11.3 Å². The van der Waals surface area contributed by atoms with Crippen molar-refractivity contribution in [1.82, 2.24) is 4.98 Å². The molecule has 0 aliphatic rings. The number of carbonyl (C=O) groups is 1. The van der Waals surface area contributed by atoms with Crippen molar-refractivity contribution in [3.63, 3.8) is 0 Å². The van der Waals surface area contributed by atoms with E-state index >= 15 is 0 Å². The number of pyridine rings is 1. The third-order valence-electron chi connectivity index (χ3n) is 2.86. The van der Waals surface area contributed by atoms with Crippen LogP contribution in [0.1, 0.15) is 41.0 Å². The number of aromatic carboxylic acids is 1. The van der Waals surface area contributed by atoms with E-state index < -0.39 is 11.8 Å². The van der Waals surface area contributed by atoms with Crippen LogP contribution in [-0.4, -0.2) is 16.1 Å². The molecule has 2 rings (SSSR count). The standard InChI is InChI=1S/C14H15FN2O2S/c1-2-4-11(12-5-3-6-20-12)17-13-10(14(18)19)7-9(15)8-16-13/h3,5-8,11H,2,4H2,1H3,(H,16,17)(H,18,19). The molecule has 1 unspecified atom stereocenters. The number of carboxylic acid groups (broad SMARTS) is 1. The maximum atomic E-state index is 13.1. The van der Waals surface area contributed by atoms with Gasteiger partial charge in [-0.1, -0.05) is 19.4 Å². The van der Waals surface area contributed by atoms with Crippen molar-refractivity contribution >= 4 is 23.1 Å². The highest BCUT2D eigenvalue weighted by molar-refractivity contribution is 7.10. The molecule has 20 heavy (non-hydrogen) atoms. The largest absolute Gasteiger partial charge is 0.478 e. The lowest BCUT2D eigenvalue weighted by Gasteiger charge is -2.18. The molecule has 2 aromatic rings. The van der Waals surface area contributed by atoms with Crippen LogP contribution in [0.25, 0.3) is 0 Å². The average Bonchev–Trinajstić information content (AvgIpc) is 2.93. The molecule has 0 radical (unpaired) electrons. The minimum absolute atomic E-state index is 0.0175. The molecule has 106 valence electrons. The molecule has 2 N–H and O–H groups in total. The SMILES string of the molecule is CCCC(Nc1ncc(F)cc1C(=O)O)c1cccs1. The molecule has 4 nitrogen and oxygen atoms in total. The summed E-state index contributed by atoms with van der Waals surface area (Å²) in [6.45, 7) is 2.05. The molecule has 2 heterocycles. The molecule has 0 fully saturated rings. The summed E-state index contributed by atoms with van der Waals surface area (Å²) in [7, 11) is 0. The number of nitrogens with one attached hydrogen (secondary N) is 1. The average molecular weight is 294 g/mol. The van der Waals surface area contributed by atoms with Gasteiger partial charge in [-0.2, -0.15) is 0 Å². The Morgan fingerprint density at radius 3 is 3.00 bits per heavy atom. The molecule has 0 aromatic carbocycles. The lowest BCUT2D eigenvalue weighted by molar-refractivity contribution is 0.0697. The quantitative estimate of drug-likeness (QED) is 0.847. The summed E-state index contributed by atoms with van der Waals surface area (Å²) in [5, 5.41) is 14.2. The van der Waals surface area contributed by atoms with E-state index in [1.807, 2.05) is 17.5 Å². The number of aromatic nitrogens is 1. The minimum atomic E-state index is -1.19. The lowest BCUT2D eigenvalue weighted by atomic mass is 10.1. The Bertz CT molecular complexity index is 587. The number of hydrogen-bond acceptors (Lipinski definition) is 4. The Labute approximate surface area is 120 Å². The van der Waals surface area contributed by atoms with E-state index in [-0.39, 0.29) is 17.4 Å². The topological polar surface area (TPSA) is 62.2 Å². The van der Waals surface area contributed by atoms with Crippen LogP contribution in [0, 0.1) is 5.82 Å². The first-order chi connectivity index (χ1) is 9.61. The van der Waals surface area contributed by atoms with Crippen molar-refractivity contribution < 1.29 is 14.3 Å². The van der Waals surface area contributed by atoms with Crippen LogP contribution in [0.3, 0.4) is 0 Å². The highest BCUT2D eigenvalue weighted by atomic mass is 32.1. The number of carboxylic acids is 1. The summed E-state index contributed by atoms with van der Waals surface area (Å²) in [5.41, 5.74) is -0.150. The van der Waals surface area contributed by atoms with Crippen molar-refractivity contribution in [2.45, 2.75) is 25.8 Å². The van der Waals surface area contributed by atoms with Gasteiger partial charge in [-0.25, -0.2) is 14.2 Å². The summed E-state index contributed by atoms with van der Waals surface area (Å²) in [4.78, 5) is 16.1. The molecule has 2 aromatic heterocycles. The Hall–Kier alpha value is -1.95. The van der Waals surface area contributed by atoms with Crippen LogP contribution in [0.5, 0.6) is 0 Å². The predicted molar refractivity (Wildman–Crippen MR) is 76.7 cm³/mol. The fourth-order valence-electron chi connectivity index (χ4n) is 1.95. The Balaban J connectivity index is 2.29. The second-order valence-electron chi connectivity index (χ2n) is 4.36. The molecule has 1 atom stereocenters. The molecular formula is C14H15FN2O2S. The van der Waals surface area contributed by atoms with Gasteiger partial charge >= 0.3 is 5.97 Å². The van der Waals surface area contributed by atoms with Gasteiger partial charge in [0.25, 0.3) is 0 Å². The zero-order valence-corrected chi connectivity index (χ0v) is 11.8. The van der Waals surface area contributed by atoms with Crippen molar-refractivity contribution in [3.05, 3.63) is 46.0 Å². The predicted octanol–water partition coefficient (Wildman–Crippen LogP) is 3.93. The molecule has 0 bridgehead atoms. The molecule has 0 spiro atoms. The lowest BCUT2D eigenvalue weighted by Crippen LogP contribution is -2.14. The van der Waals surface area contributed by atoms with E-state index in [2.05, 4.69) is 17.2 Å². The normalized spacial score (nSPS) is 12.1. The summed E-state index contributed by atoms with van der Waals surface area (Å²) >= 11 is 1.60. The first-order valence-corrected chi connectivity index (χ1v) is 7.18. The monoisotopic (exact) mass is 294 g/mol. The molecular weight excluding hydrogens is 279 g/mol. The van der Waals surface area contributed by atoms with Gasteiger partial charge < -0.3 is 10.4 Å². The van der Waals surface area contributed by atoms with Gasteiger partial charge in [-0.05, 0) is 23.9 Å². The second kappa shape index (κ2) is 6.47. The van der Waals surface area contributed by atoms with Gasteiger partial charge in [0.2, 0.25) is 0 Å². The van der Waals surface area contributed by atoms with Crippen molar-refractivity contribution in [2.75, 3.05) is 5.32 Å². The molecule has 0 saturated carbocycles. The van der Waals surface area contributed by atoms with E-state index in [0.29, 0.717) is 0 Å². The first kappa shape index (κ1) is 14.5. The summed E-state index contributed by atoms with van der Waals surface area (Å²) < 4.78 is 13.1. The number of nitrogens with zero attached hydrogens (tertiary/aromatic N) is 1. The fraction of sp³-hybridized carbons (Fsp3) is 0.286. The van der Waals surface area contributed by atoms with Crippen molar-refractivity contribution in [3.8, 4) is 0 Å². The first-order valence-electron chi connectivity index (χ1n) is 6.30. The number of rotatable bonds is 6. The Kier molecular flexibility index (Phi) is 4.68. The molecule has 0 aliphatic heterocycles. The van der Waals surface area contributed by atoms with E-state index in [9.17, 15) is 9.18 Å². The second-order valence-corrected chi connectivity index (χ2v) is 5.34. The molecule has 6 heteroatoms. The summed E-state index contributed by atoms with van der Waals surface area (Å²) in [6, 6.07) is 4.90. The number of anilines is 1. The van der Waals surface area contributed by atoms with E-state index in [4.69, 9.17) is 5.11 Å².